The minimum absolute atomic E-state index is 0.117. The summed E-state index contributed by atoms with van der Waals surface area (Å²) >= 11 is 0. The zero-order chi connectivity index (χ0) is 19.8. The maximum Gasteiger partial charge on any atom is 0.275 e. The number of ether oxygens (including phenoxy) is 1. The van der Waals surface area contributed by atoms with E-state index < -0.39 is 0 Å². The van der Waals surface area contributed by atoms with E-state index in [1.165, 1.54) is 11.8 Å². The first-order valence-corrected chi connectivity index (χ1v) is 9.64. The molecule has 0 aliphatic heterocycles. The summed E-state index contributed by atoms with van der Waals surface area (Å²) in [6.07, 6.45) is 2.47. The number of carbonyl (C=O) groups is 1. The molecule has 2 aromatic rings. The molecule has 2 rings (SSSR count). The second-order valence-corrected chi connectivity index (χ2v) is 6.69. The van der Waals surface area contributed by atoms with E-state index in [4.69, 9.17) is 9.15 Å². The maximum atomic E-state index is 12.2. The van der Waals surface area contributed by atoms with Crippen LogP contribution in [0.1, 0.15) is 56.1 Å². The molecule has 0 aliphatic carbocycles. The molecular formula is C21H31N3O3. The highest BCUT2D eigenvalue weighted by atomic mass is 16.5. The van der Waals surface area contributed by atoms with Gasteiger partial charge in [0.1, 0.15) is 12.0 Å². The van der Waals surface area contributed by atoms with Crippen LogP contribution >= 0.6 is 0 Å². The number of rotatable bonds is 10. The van der Waals surface area contributed by atoms with Crippen molar-refractivity contribution in [2.45, 2.75) is 53.2 Å². The fourth-order valence-electron chi connectivity index (χ4n) is 2.71. The summed E-state index contributed by atoms with van der Waals surface area (Å²) in [6.45, 7) is 10.9. The van der Waals surface area contributed by atoms with Crippen LogP contribution in [0.15, 0.2) is 34.9 Å². The molecule has 1 atom stereocenters. The SMILES string of the molecule is CCOc1ccc(CN(Cc2nc(C(=O)N(C)CC)co2)C(C)CC)cc1. The molecule has 1 unspecified atom stereocenters. The van der Waals surface area contributed by atoms with Crippen LogP contribution in [0.25, 0.3) is 0 Å². The third kappa shape index (κ3) is 5.82. The van der Waals surface area contributed by atoms with Crippen molar-refractivity contribution in [3.05, 3.63) is 47.7 Å². The van der Waals surface area contributed by atoms with Gasteiger partial charge in [0.05, 0.1) is 13.2 Å². The van der Waals surface area contributed by atoms with Gasteiger partial charge in [0.25, 0.3) is 5.91 Å². The number of aromatic nitrogens is 1. The first-order chi connectivity index (χ1) is 13.0. The number of oxazole rings is 1. The van der Waals surface area contributed by atoms with Crippen molar-refractivity contribution in [3.63, 3.8) is 0 Å². The highest BCUT2D eigenvalue weighted by Crippen LogP contribution is 2.18. The Kier molecular flexibility index (Phi) is 7.85. The predicted octanol–water partition coefficient (Wildman–Crippen LogP) is 3.97. The van der Waals surface area contributed by atoms with Gasteiger partial charge < -0.3 is 14.1 Å². The molecule has 6 heteroatoms. The maximum absolute atomic E-state index is 12.2. The normalized spacial score (nSPS) is 12.2. The highest BCUT2D eigenvalue weighted by Gasteiger charge is 2.19. The van der Waals surface area contributed by atoms with Crippen LogP contribution in [-0.4, -0.2) is 46.9 Å². The van der Waals surface area contributed by atoms with Gasteiger partial charge in [-0.3, -0.25) is 9.69 Å². The fraction of sp³-hybridized carbons (Fsp3) is 0.524. The van der Waals surface area contributed by atoms with Crippen LogP contribution in [0, 0.1) is 0 Å². The van der Waals surface area contributed by atoms with Crippen LogP contribution in [0.3, 0.4) is 0 Å². The molecule has 6 nitrogen and oxygen atoms in total. The van der Waals surface area contributed by atoms with Gasteiger partial charge in [0.15, 0.2) is 5.69 Å². The van der Waals surface area contributed by atoms with Crippen LogP contribution in [0.2, 0.25) is 0 Å². The summed E-state index contributed by atoms with van der Waals surface area (Å²) < 4.78 is 11.1. The molecule has 0 N–H and O–H groups in total. The minimum atomic E-state index is -0.117. The molecule has 1 amide bonds. The number of nitrogens with zero attached hydrogens (tertiary/aromatic N) is 3. The van der Waals surface area contributed by atoms with Gasteiger partial charge in [-0.05, 0) is 44.9 Å². The van der Waals surface area contributed by atoms with E-state index in [1.807, 2.05) is 26.0 Å². The van der Waals surface area contributed by atoms with Crippen molar-refractivity contribution in [3.8, 4) is 5.75 Å². The third-order valence-corrected chi connectivity index (χ3v) is 4.76. The van der Waals surface area contributed by atoms with Gasteiger partial charge in [-0.25, -0.2) is 4.98 Å². The van der Waals surface area contributed by atoms with Gasteiger partial charge >= 0.3 is 0 Å². The average molecular weight is 373 g/mol. The van der Waals surface area contributed by atoms with E-state index in [9.17, 15) is 4.79 Å². The highest BCUT2D eigenvalue weighted by molar-refractivity contribution is 5.91. The van der Waals surface area contributed by atoms with Crippen LogP contribution in [0.5, 0.6) is 5.75 Å². The first-order valence-electron chi connectivity index (χ1n) is 9.64. The molecule has 0 bridgehead atoms. The Balaban J connectivity index is 2.08. The predicted molar refractivity (Wildman–Crippen MR) is 106 cm³/mol. The summed E-state index contributed by atoms with van der Waals surface area (Å²) in [4.78, 5) is 20.5. The summed E-state index contributed by atoms with van der Waals surface area (Å²) in [7, 11) is 1.76. The van der Waals surface area contributed by atoms with Crippen molar-refractivity contribution in [2.24, 2.45) is 0 Å². The van der Waals surface area contributed by atoms with Crippen LogP contribution in [0.4, 0.5) is 0 Å². The number of benzene rings is 1. The van der Waals surface area contributed by atoms with E-state index in [0.29, 0.717) is 37.3 Å². The molecule has 0 saturated heterocycles. The Bertz CT molecular complexity index is 712. The molecule has 1 aromatic heterocycles. The second-order valence-electron chi connectivity index (χ2n) is 6.69. The molecule has 1 heterocycles. The molecule has 148 valence electrons. The Hall–Kier alpha value is -2.34. The van der Waals surface area contributed by atoms with Crippen molar-refractivity contribution in [1.82, 2.24) is 14.8 Å². The van der Waals surface area contributed by atoms with Gasteiger partial charge in [-0.2, -0.15) is 0 Å². The Morgan fingerprint density at radius 1 is 1.19 bits per heavy atom. The van der Waals surface area contributed by atoms with Gasteiger partial charge in [0, 0.05) is 26.2 Å². The standard InChI is InChI=1S/C21H31N3O3/c1-6-16(4)24(13-17-9-11-18(12-10-17)26-8-3)14-20-22-19(15-27-20)21(25)23(5)7-2/h9-12,15-16H,6-8,13-14H2,1-5H3. The number of amides is 1. The van der Waals surface area contributed by atoms with E-state index in [2.05, 4.69) is 35.9 Å². The van der Waals surface area contributed by atoms with Gasteiger partial charge in [0.2, 0.25) is 5.89 Å². The van der Waals surface area contributed by atoms with Crippen LogP contribution < -0.4 is 4.74 Å². The molecule has 0 saturated carbocycles. The molecule has 0 fully saturated rings. The monoisotopic (exact) mass is 373 g/mol. The van der Waals surface area contributed by atoms with Gasteiger partial charge in [-0.15, -0.1) is 0 Å². The zero-order valence-corrected chi connectivity index (χ0v) is 17.1. The lowest BCUT2D eigenvalue weighted by atomic mass is 10.1. The van der Waals surface area contributed by atoms with Crippen LogP contribution in [-0.2, 0) is 13.1 Å². The molecule has 0 spiro atoms. The van der Waals surface area contributed by atoms with E-state index in [1.54, 1.807) is 11.9 Å². The number of hydrogen-bond acceptors (Lipinski definition) is 5. The summed E-state index contributed by atoms with van der Waals surface area (Å²) in [5.41, 5.74) is 1.56. The number of carbonyl (C=O) groups excluding carboxylic acids is 1. The summed E-state index contributed by atoms with van der Waals surface area (Å²) in [5, 5.41) is 0. The zero-order valence-electron chi connectivity index (χ0n) is 17.1. The quantitative estimate of drug-likeness (QED) is 0.631. The fourth-order valence-corrected chi connectivity index (χ4v) is 2.71. The Morgan fingerprint density at radius 2 is 1.89 bits per heavy atom. The topological polar surface area (TPSA) is 58.8 Å². The lowest BCUT2D eigenvalue weighted by Crippen LogP contribution is -2.32. The van der Waals surface area contributed by atoms with E-state index >= 15 is 0 Å². The lowest BCUT2D eigenvalue weighted by molar-refractivity contribution is 0.0796. The molecule has 27 heavy (non-hydrogen) atoms. The van der Waals surface area contributed by atoms with Crippen molar-refractivity contribution in [2.75, 3.05) is 20.2 Å². The van der Waals surface area contributed by atoms with Crippen molar-refractivity contribution < 1.29 is 13.9 Å². The molecule has 1 aromatic carbocycles. The summed E-state index contributed by atoms with van der Waals surface area (Å²) in [5.74, 6) is 1.33. The Labute approximate surface area is 162 Å². The molecular weight excluding hydrogens is 342 g/mol. The van der Waals surface area contributed by atoms with E-state index in [0.717, 1.165) is 18.7 Å². The summed E-state index contributed by atoms with van der Waals surface area (Å²) in [6, 6.07) is 8.52. The van der Waals surface area contributed by atoms with Crippen molar-refractivity contribution in [1.29, 1.82) is 0 Å². The Morgan fingerprint density at radius 3 is 2.48 bits per heavy atom. The largest absolute Gasteiger partial charge is 0.494 e. The third-order valence-electron chi connectivity index (χ3n) is 4.76. The minimum Gasteiger partial charge on any atom is -0.494 e. The average Bonchev–Trinajstić information content (AvgIpc) is 3.15. The second kappa shape index (κ2) is 10.1. The first kappa shape index (κ1) is 21.0. The smallest absolute Gasteiger partial charge is 0.275 e. The molecule has 0 aliphatic rings. The van der Waals surface area contributed by atoms with Gasteiger partial charge in [-0.1, -0.05) is 19.1 Å². The number of hydrogen-bond donors (Lipinski definition) is 0. The van der Waals surface area contributed by atoms with Crippen molar-refractivity contribution >= 4 is 5.91 Å². The molecule has 0 radical (unpaired) electrons. The lowest BCUT2D eigenvalue weighted by Gasteiger charge is -2.27. The van der Waals surface area contributed by atoms with E-state index in [-0.39, 0.29) is 5.91 Å².